The van der Waals surface area contributed by atoms with E-state index in [1.54, 1.807) is 0 Å². The van der Waals surface area contributed by atoms with E-state index in [9.17, 15) is 0 Å². The Kier molecular flexibility index (Phi) is 6.65. The van der Waals surface area contributed by atoms with Gasteiger partial charge in [-0.2, -0.15) is 0 Å². The Labute approximate surface area is 315 Å². The Balaban J connectivity index is 1.25. The number of nitrogens with zero attached hydrogens (tertiary/aromatic N) is 1. The van der Waals surface area contributed by atoms with Crippen molar-refractivity contribution in [1.82, 2.24) is 4.57 Å². The topological polar surface area (TPSA) is 18.1 Å². The monoisotopic (exact) mass is 707 g/mol. The number of para-hydroxylation sites is 2. The summed E-state index contributed by atoms with van der Waals surface area (Å²) in [6, 6.07) is 69.9. The van der Waals surface area contributed by atoms with E-state index < -0.39 is 8.07 Å². The Hall–Kier alpha value is -6.42. The third-order valence-electron chi connectivity index (χ3n) is 12.1. The Morgan fingerprint density at radius 2 is 0.926 bits per heavy atom. The summed E-state index contributed by atoms with van der Waals surface area (Å²) in [5, 5.41) is 10.4. The van der Waals surface area contributed by atoms with Crippen LogP contribution in [0.15, 0.2) is 192 Å². The summed E-state index contributed by atoms with van der Waals surface area (Å²) in [6.07, 6.45) is 0. The molecule has 0 N–H and O–H groups in total. The fraction of sp³-hybridized carbons (Fsp3) is 0.0588. The predicted molar refractivity (Wildman–Crippen MR) is 229 cm³/mol. The fourth-order valence-corrected chi connectivity index (χ4v) is 14.4. The maximum Gasteiger partial charge on any atom is 0.179 e. The molecule has 8 aromatic carbocycles. The first-order valence-electron chi connectivity index (χ1n) is 18.8. The standard InChI is InChI=1S/C51H37NOSi/c1-51(2)45-32-48-43(30-40(45)41-31-44-39-25-15-16-26-49(39)53-50(44)33-46(41)51)42-29-38(27-28-47(42)52(48)34-17-7-3-8-18-34)54(35-19-9-4-10-20-35,36-21-11-5-12-22-36)37-23-13-6-14-24-37/h3-33H,1-2H3. The second-order valence-corrected chi connectivity index (χ2v) is 19.1. The molecule has 0 radical (unpaired) electrons. The van der Waals surface area contributed by atoms with Crippen LogP contribution in [0.5, 0.6) is 0 Å². The van der Waals surface area contributed by atoms with Crippen molar-refractivity contribution < 1.29 is 4.42 Å². The first kappa shape index (κ1) is 31.1. The van der Waals surface area contributed by atoms with Gasteiger partial charge in [-0.15, -0.1) is 0 Å². The lowest BCUT2D eigenvalue weighted by molar-refractivity contribution is 0.647. The number of rotatable bonds is 5. The van der Waals surface area contributed by atoms with Crippen molar-refractivity contribution in [2.24, 2.45) is 0 Å². The van der Waals surface area contributed by atoms with Gasteiger partial charge in [0.05, 0.1) is 11.0 Å². The molecule has 0 bridgehead atoms. The van der Waals surface area contributed by atoms with E-state index in [1.807, 2.05) is 0 Å². The van der Waals surface area contributed by atoms with Crippen LogP contribution in [0, 0.1) is 0 Å². The average molecular weight is 708 g/mol. The van der Waals surface area contributed by atoms with Crippen molar-refractivity contribution >= 4 is 72.6 Å². The summed E-state index contributed by atoms with van der Waals surface area (Å²) in [5.41, 5.74) is 10.6. The van der Waals surface area contributed by atoms with Crippen LogP contribution in [-0.2, 0) is 5.41 Å². The molecule has 2 aromatic heterocycles. The second kappa shape index (κ2) is 11.5. The molecule has 2 nitrogen and oxygen atoms in total. The van der Waals surface area contributed by atoms with Gasteiger partial charge in [-0.25, -0.2) is 0 Å². The largest absolute Gasteiger partial charge is 0.456 e. The summed E-state index contributed by atoms with van der Waals surface area (Å²) < 4.78 is 8.90. The molecule has 0 amide bonds. The molecule has 2 heterocycles. The first-order valence-corrected chi connectivity index (χ1v) is 20.8. The number of fused-ring (bicyclic) bond motifs is 9. The third kappa shape index (κ3) is 4.27. The summed E-state index contributed by atoms with van der Waals surface area (Å²) in [4.78, 5) is 0. The zero-order valence-electron chi connectivity index (χ0n) is 30.3. The summed E-state index contributed by atoms with van der Waals surface area (Å²) in [6.45, 7) is 4.73. The molecule has 1 aliphatic rings. The van der Waals surface area contributed by atoms with Gasteiger partial charge in [-0.1, -0.05) is 153 Å². The van der Waals surface area contributed by atoms with Crippen LogP contribution in [0.4, 0.5) is 0 Å². The molecule has 10 aromatic rings. The smallest absolute Gasteiger partial charge is 0.179 e. The molecule has 1 aliphatic carbocycles. The van der Waals surface area contributed by atoms with E-state index in [-0.39, 0.29) is 5.41 Å². The first-order chi connectivity index (χ1) is 26.5. The van der Waals surface area contributed by atoms with E-state index in [0.717, 1.165) is 16.6 Å². The minimum atomic E-state index is -2.74. The van der Waals surface area contributed by atoms with E-state index >= 15 is 0 Å². The van der Waals surface area contributed by atoms with Gasteiger partial charge in [0.2, 0.25) is 0 Å². The van der Waals surface area contributed by atoms with Crippen molar-refractivity contribution in [2.45, 2.75) is 19.3 Å². The molecule has 0 aliphatic heterocycles. The number of hydrogen-bond acceptors (Lipinski definition) is 1. The van der Waals surface area contributed by atoms with Gasteiger partial charge in [0.15, 0.2) is 8.07 Å². The van der Waals surface area contributed by atoms with E-state index in [4.69, 9.17) is 4.42 Å². The van der Waals surface area contributed by atoms with E-state index in [1.165, 1.54) is 75.9 Å². The highest BCUT2D eigenvalue weighted by atomic mass is 28.3. The molecule has 0 fully saturated rings. The number of benzene rings is 8. The Bertz CT molecular complexity index is 2950. The lowest BCUT2D eigenvalue weighted by Gasteiger charge is -2.34. The van der Waals surface area contributed by atoms with Crippen LogP contribution in [0.25, 0.3) is 60.6 Å². The van der Waals surface area contributed by atoms with Crippen LogP contribution < -0.4 is 20.7 Å². The maximum atomic E-state index is 6.42. The minimum absolute atomic E-state index is 0.203. The highest BCUT2D eigenvalue weighted by Crippen LogP contribution is 2.52. The molecule has 0 saturated heterocycles. The molecule has 0 atom stereocenters. The molecule has 0 saturated carbocycles. The maximum absolute atomic E-state index is 6.42. The summed E-state index contributed by atoms with van der Waals surface area (Å²) in [5.74, 6) is 0. The number of aromatic nitrogens is 1. The average Bonchev–Trinajstić information content (AvgIpc) is 3.83. The highest BCUT2D eigenvalue weighted by molar-refractivity contribution is 7.20. The molecule has 54 heavy (non-hydrogen) atoms. The molecule has 0 spiro atoms. The van der Waals surface area contributed by atoms with E-state index in [0.29, 0.717) is 0 Å². The van der Waals surface area contributed by atoms with Crippen molar-refractivity contribution in [2.75, 3.05) is 0 Å². The van der Waals surface area contributed by atoms with Gasteiger partial charge >= 0.3 is 0 Å². The lowest BCUT2D eigenvalue weighted by Crippen LogP contribution is -2.74. The van der Waals surface area contributed by atoms with Gasteiger partial charge in [-0.05, 0) is 91.5 Å². The number of hydrogen-bond donors (Lipinski definition) is 0. The quantitative estimate of drug-likeness (QED) is 0.129. The van der Waals surface area contributed by atoms with Gasteiger partial charge < -0.3 is 8.98 Å². The van der Waals surface area contributed by atoms with Crippen molar-refractivity contribution in [3.05, 3.63) is 199 Å². The van der Waals surface area contributed by atoms with Crippen LogP contribution in [0.1, 0.15) is 25.0 Å². The second-order valence-electron chi connectivity index (χ2n) is 15.3. The minimum Gasteiger partial charge on any atom is -0.456 e. The summed E-state index contributed by atoms with van der Waals surface area (Å²) in [7, 11) is -2.74. The summed E-state index contributed by atoms with van der Waals surface area (Å²) >= 11 is 0. The molecule has 3 heteroatoms. The fourth-order valence-electron chi connectivity index (χ4n) is 9.61. The zero-order chi connectivity index (χ0) is 36.0. The SMILES string of the molecule is CC1(C)c2cc3oc4ccccc4c3cc2-c2cc3c4cc([Si](c5ccccc5)(c5ccccc5)c5ccccc5)ccc4n(-c4ccccc4)c3cc21. The highest BCUT2D eigenvalue weighted by Gasteiger charge is 2.42. The molecular formula is C51H37NOSi. The normalized spacial score (nSPS) is 13.5. The van der Waals surface area contributed by atoms with Crippen LogP contribution >= 0.6 is 0 Å². The Morgan fingerprint density at radius 1 is 0.407 bits per heavy atom. The molecule has 256 valence electrons. The van der Waals surface area contributed by atoms with Gasteiger partial charge in [0, 0.05) is 32.6 Å². The Morgan fingerprint density at radius 3 is 1.56 bits per heavy atom. The van der Waals surface area contributed by atoms with Crippen molar-refractivity contribution in [3.8, 4) is 16.8 Å². The third-order valence-corrected chi connectivity index (χ3v) is 16.9. The van der Waals surface area contributed by atoms with Crippen LogP contribution in [0.3, 0.4) is 0 Å². The number of furan rings is 1. The molecule has 0 unspecified atom stereocenters. The predicted octanol–water partition coefficient (Wildman–Crippen LogP) is 10.4. The van der Waals surface area contributed by atoms with Crippen LogP contribution in [-0.4, -0.2) is 12.6 Å². The van der Waals surface area contributed by atoms with Crippen molar-refractivity contribution in [3.63, 3.8) is 0 Å². The van der Waals surface area contributed by atoms with Crippen molar-refractivity contribution in [1.29, 1.82) is 0 Å². The van der Waals surface area contributed by atoms with Gasteiger partial charge in [-0.3, -0.25) is 0 Å². The van der Waals surface area contributed by atoms with Gasteiger partial charge in [0.1, 0.15) is 11.2 Å². The van der Waals surface area contributed by atoms with E-state index in [2.05, 4.69) is 206 Å². The molecule has 11 rings (SSSR count). The zero-order valence-corrected chi connectivity index (χ0v) is 31.3. The molecular weight excluding hydrogens is 671 g/mol. The van der Waals surface area contributed by atoms with Crippen LogP contribution in [0.2, 0.25) is 0 Å². The lowest BCUT2D eigenvalue weighted by atomic mass is 9.82. The van der Waals surface area contributed by atoms with Gasteiger partial charge in [0.25, 0.3) is 0 Å².